The molecule has 1 fully saturated rings. The summed E-state index contributed by atoms with van der Waals surface area (Å²) in [7, 11) is 0. The lowest BCUT2D eigenvalue weighted by Gasteiger charge is -2.28. The summed E-state index contributed by atoms with van der Waals surface area (Å²) in [6.07, 6.45) is -14.0. The lowest BCUT2D eigenvalue weighted by atomic mass is 10.5. The molecule has 0 amide bonds. The summed E-state index contributed by atoms with van der Waals surface area (Å²) in [4.78, 5) is 20.8. The molecule has 1 heterocycles. The Kier molecular flexibility index (Phi) is 4.81. The Balaban J connectivity index is 2.37. The van der Waals surface area contributed by atoms with Gasteiger partial charge in [-0.3, -0.25) is 0 Å². The monoisotopic (exact) mass is 312 g/mol. The van der Waals surface area contributed by atoms with Crippen LogP contribution < -0.4 is 0 Å². The fraction of sp³-hybridized carbons (Fsp3) is 0.750. The molecule has 1 aliphatic rings. The first-order valence-corrected chi connectivity index (χ1v) is 4.79. The molecule has 0 aromatic carbocycles. The molecule has 0 N–H and O–H groups in total. The van der Waals surface area contributed by atoms with Crippen molar-refractivity contribution in [3.8, 4) is 0 Å². The third-order valence-electron chi connectivity index (χ3n) is 1.78. The predicted octanol–water partition coefficient (Wildman–Crippen LogP) is 0.896. The normalized spacial score (nSPS) is 24.1. The van der Waals surface area contributed by atoms with Crippen LogP contribution in [0.3, 0.4) is 0 Å². The van der Waals surface area contributed by atoms with Gasteiger partial charge in [0.2, 0.25) is 12.6 Å². The van der Waals surface area contributed by atoms with Gasteiger partial charge >= 0.3 is 24.3 Å². The van der Waals surface area contributed by atoms with Gasteiger partial charge in [-0.05, 0) is 0 Å². The Bertz CT molecular complexity index is 333. The zero-order chi connectivity index (χ0) is 15.6. The second kappa shape index (κ2) is 5.83. The van der Waals surface area contributed by atoms with Crippen molar-refractivity contribution >= 4 is 11.9 Å². The van der Waals surface area contributed by atoms with Gasteiger partial charge in [0.15, 0.2) is 0 Å². The number of halogens is 6. The van der Waals surface area contributed by atoms with E-state index in [0.717, 1.165) is 0 Å². The SMILES string of the molecule is O=C(OC1COC(OC(=O)C(F)(F)F)CO1)C(F)(F)F. The van der Waals surface area contributed by atoms with Crippen molar-refractivity contribution in [3.63, 3.8) is 0 Å². The molecule has 0 aromatic heterocycles. The largest absolute Gasteiger partial charge is 0.491 e. The first-order chi connectivity index (χ1) is 9.00. The molecular weight excluding hydrogens is 306 g/mol. The van der Waals surface area contributed by atoms with Crippen LogP contribution in [0.25, 0.3) is 0 Å². The minimum absolute atomic E-state index is 0.822. The highest BCUT2D eigenvalue weighted by molar-refractivity contribution is 5.76. The van der Waals surface area contributed by atoms with E-state index < -0.39 is 50.1 Å². The number of alkyl halides is 6. The maximum atomic E-state index is 11.8. The number of hydrogen-bond donors (Lipinski definition) is 0. The molecule has 1 saturated heterocycles. The van der Waals surface area contributed by atoms with Crippen LogP contribution in [0.1, 0.15) is 0 Å². The molecule has 1 aliphatic heterocycles. The summed E-state index contributed by atoms with van der Waals surface area (Å²) in [5, 5.41) is 0. The molecule has 0 bridgehead atoms. The van der Waals surface area contributed by atoms with Crippen molar-refractivity contribution in [3.05, 3.63) is 0 Å². The van der Waals surface area contributed by atoms with E-state index in [0.29, 0.717) is 0 Å². The fourth-order valence-corrected chi connectivity index (χ4v) is 0.976. The standard InChI is InChI=1S/C8H6F6O6/c9-7(10,11)5(15)19-3-1-17-4(2-18-3)20-6(16)8(12,13)14/h3-4H,1-2H2. The second-order valence-electron chi connectivity index (χ2n) is 3.33. The zero-order valence-corrected chi connectivity index (χ0v) is 9.29. The highest BCUT2D eigenvalue weighted by Gasteiger charge is 2.45. The van der Waals surface area contributed by atoms with Crippen molar-refractivity contribution in [2.45, 2.75) is 24.9 Å². The highest BCUT2D eigenvalue weighted by Crippen LogP contribution is 2.21. The van der Waals surface area contributed by atoms with E-state index in [9.17, 15) is 35.9 Å². The summed E-state index contributed by atoms with van der Waals surface area (Å²) < 4.78 is 87.4. The zero-order valence-electron chi connectivity index (χ0n) is 9.29. The van der Waals surface area contributed by atoms with Crippen LogP contribution in [0.4, 0.5) is 26.3 Å². The average molecular weight is 312 g/mol. The van der Waals surface area contributed by atoms with Crippen LogP contribution in [0.15, 0.2) is 0 Å². The second-order valence-corrected chi connectivity index (χ2v) is 3.33. The number of hydrogen-bond acceptors (Lipinski definition) is 6. The lowest BCUT2D eigenvalue weighted by molar-refractivity contribution is -0.295. The molecule has 0 spiro atoms. The first kappa shape index (κ1) is 16.5. The van der Waals surface area contributed by atoms with Crippen LogP contribution in [0.2, 0.25) is 0 Å². The minimum Gasteiger partial charge on any atom is -0.427 e. The van der Waals surface area contributed by atoms with Crippen LogP contribution in [-0.4, -0.2) is 50.1 Å². The summed E-state index contributed by atoms with van der Waals surface area (Å²) in [6.45, 7) is -1.64. The van der Waals surface area contributed by atoms with Gasteiger partial charge in [-0.2, -0.15) is 26.3 Å². The highest BCUT2D eigenvalue weighted by atomic mass is 19.4. The quantitative estimate of drug-likeness (QED) is 0.557. The summed E-state index contributed by atoms with van der Waals surface area (Å²) >= 11 is 0. The summed E-state index contributed by atoms with van der Waals surface area (Å²) in [5.41, 5.74) is 0. The van der Waals surface area contributed by atoms with Crippen molar-refractivity contribution in [2.75, 3.05) is 13.2 Å². The number of carbonyl (C=O) groups excluding carboxylic acids is 2. The lowest BCUT2D eigenvalue weighted by Crippen LogP contribution is -2.43. The fourth-order valence-electron chi connectivity index (χ4n) is 0.976. The van der Waals surface area contributed by atoms with E-state index in [4.69, 9.17) is 0 Å². The van der Waals surface area contributed by atoms with E-state index in [-0.39, 0.29) is 0 Å². The van der Waals surface area contributed by atoms with Crippen LogP contribution in [0, 0.1) is 0 Å². The topological polar surface area (TPSA) is 71.1 Å². The van der Waals surface area contributed by atoms with Crippen LogP contribution in [0.5, 0.6) is 0 Å². The summed E-state index contributed by atoms with van der Waals surface area (Å²) in [6, 6.07) is 0. The van der Waals surface area contributed by atoms with Crippen molar-refractivity contribution < 1.29 is 54.9 Å². The van der Waals surface area contributed by atoms with E-state index in [1.54, 1.807) is 0 Å². The van der Waals surface area contributed by atoms with E-state index in [2.05, 4.69) is 18.9 Å². The molecule has 0 aromatic rings. The molecule has 1 rings (SSSR count). The van der Waals surface area contributed by atoms with Gasteiger partial charge in [-0.15, -0.1) is 0 Å². The summed E-state index contributed by atoms with van der Waals surface area (Å²) in [5.74, 6) is -5.09. The Labute approximate surface area is 106 Å². The van der Waals surface area contributed by atoms with Gasteiger partial charge in [-0.1, -0.05) is 0 Å². The molecule has 2 atom stereocenters. The molecule has 2 unspecified atom stereocenters. The third kappa shape index (κ3) is 4.85. The first-order valence-electron chi connectivity index (χ1n) is 4.79. The van der Waals surface area contributed by atoms with E-state index in [1.165, 1.54) is 0 Å². The molecule has 6 nitrogen and oxygen atoms in total. The molecule has 0 saturated carbocycles. The molecule has 0 radical (unpaired) electrons. The average Bonchev–Trinajstić information content (AvgIpc) is 2.29. The Morgan fingerprint density at radius 1 is 0.800 bits per heavy atom. The van der Waals surface area contributed by atoms with Gasteiger partial charge in [0.25, 0.3) is 0 Å². The van der Waals surface area contributed by atoms with Crippen molar-refractivity contribution in [1.82, 2.24) is 0 Å². The molecule has 0 aliphatic carbocycles. The smallest absolute Gasteiger partial charge is 0.427 e. The van der Waals surface area contributed by atoms with Crippen LogP contribution >= 0.6 is 0 Å². The van der Waals surface area contributed by atoms with E-state index >= 15 is 0 Å². The number of esters is 2. The molecule has 116 valence electrons. The number of ether oxygens (including phenoxy) is 4. The van der Waals surface area contributed by atoms with Gasteiger partial charge < -0.3 is 18.9 Å². The maximum absolute atomic E-state index is 11.8. The maximum Gasteiger partial charge on any atom is 0.491 e. The molecular formula is C8H6F6O6. The Morgan fingerprint density at radius 2 is 1.10 bits per heavy atom. The number of rotatable bonds is 2. The van der Waals surface area contributed by atoms with Crippen LogP contribution in [-0.2, 0) is 28.5 Å². The van der Waals surface area contributed by atoms with Crippen molar-refractivity contribution in [1.29, 1.82) is 0 Å². The Morgan fingerprint density at radius 3 is 1.30 bits per heavy atom. The molecule has 20 heavy (non-hydrogen) atoms. The number of carbonyl (C=O) groups is 2. The van der Waals surface area contributed by atoms with E-state index in [1.807, 2.05) is 0 Å². The van der Waals surface area contributed by atoms with Gasteiger partial charge in [0.05, 0.1) is 0 Å². The van der Waals surface area contributed by atoms with Gasteiger partial charge in [-0.25, -0.2) is 9.59 Å². The third-order valence-corrected chi connectivity index (χ3v) is 1.78. The Hall–Kier alpha value is -1.56. The molecule has 12 heteroatoms. The minimum atomic E-state index is -5.25. The van der Waals surface area contributed by atoms with Gasteiger partial charge in [0.1, 0.15) is 13.2 Å². The van der Waals surface area contributed by atoms with Crippen molar-refractivity contribution in [2.24, 2.45) is 0 Å². The van der Waals surface area contributed by atoms with Gasteiger partial charge in [0, 0.05) is 0 Å². The predicted molar refractivity (Wildman–Crippen MR) is 43.8 cm³/mol.